The summed E-state index contributed by atoms with van der Waals surface area (Å²) in [7, 11) is 0. The van der Waals surface area contributed by atoms with Gasteiger partial charge in [0.1, 0.15) is 23.6 Å². The lowest BCUT2D eigenvalue weighted by Crippen LogP contribution is -2.39. The van der Waals surface area contributed by atoms with Crippen LogP contribution in [0.25, 0.3) is 10.9 Å². The van der Waals surface area contributed by atoms with Crippen molar-refractivity contribution in [3.05, 3.63) is 70.9 Å². The van der Waals surface area contributed by atoms with E-state index in [-0.39, 0.29) is 11.7 Å². The molecule has 1 aromatic heterocycles. The van der Waals surface area contributed by atoms with E-state index in [4.69, 9.17) is 4.74 Å². The fourth-order valence-corrected chi connectivity index (χ4v) is 4.37. The average molecular weight is 438 g/mol. The largest absolute Gasteiger partial charge is 0.462 e. The van der Waals surface area contributed by atoms with E-state index in [9.17, 15) is 18.4 Å². The fraction of sp³-hybridized carbons (Fsp3) is 0.320. The van der Waals surface area contributed by atoms with Gasteiger partial charge in [-0.2, -0.15) is 0 Å². The third-order valence-electron chi connectivity index (χ3n) is 5.81. The van der Waals surface area contributed by atoms with Crippen LogP contribution in [0.1, 0.15) is 55.2 Å². The molecule has 0 amide bonds. The van der Waals surface area contributed by atoms with Crippen LogP contribution >= 0.6 is 0 Å². The van der Waals surface area contributed by atoms with Crippen LogP contribution in [0.4, 0.5) is 8.78 Å². The molecule has 1 aliphatic heterocycles. The number of nitrogens with one attached hydrogen (secondary N) is 1. The molecular weight excluding hydrogens is 414 g/mol. The van der Waals surface area contributed by atoms with E-state index in [1.54, 1.807) is 13.8 Å². The Labute approximate surface area is 184 Å². The Kier molecular flexibility index (Phi) is 5.44. The van der Waals surface area contributed by atoms with Crippen LogP contribution in [0, 0.1) is 11.6 Å². The number of benzene rings is 2. The second kappa shape index (κ2) is 7.97. The minimum absolute atomic E-state index is 0.334. The highest BCUT2D eigenvalue weighted by atomic mass is 19.1. The average Bonchev–Trinajstić information content (AvgIpc) is 3.06. The number of hydrogen-bond acceptors (Lipinski definition) is 4. The third kappa shape index (κ3) is 3.61. The van der Waals surface area contributed by atoms with Gasteiger partial charge in [0.2, 0.25) is 0 Å². The number of carbonyl (C=O) groups is 2. The molecule has 2 aromatic carbocycles. The summed E-state index contributed by atoms with van der Waals surface area (Å²) in [5, 5.41) is 0.831. The molecule has 7 heteroatoms. The van der Waals surface area contributed by atoms with Crippen molar-refractivity contribution >= 4 is 28.9 Å². The zero-order valence-corrected chi connectivity index (χ0v) is 18.3. The van der Waals surface area contributed by atoms with Crippen molar-refractivity contribution in [2.24, 2.45) is 4.99 Å². The fourth-order valence-electron chi connectivity index (χ4n) is 4.37. The molecule has 4 rings (SSSR count). The van der Waals surface area contributed by atoms with E-state index in [1.807, 2.05) is 38.1 Å². The highest BCUT2D eigenvalue weighted by Gasteiger charge is 2.45. The van der Waals surface area contributed by atoms with Crippen molar-refractivity contribution in [3.63, 3.8) is 0 Å². The molecule has 0 radical (unpaired) electrons. The molecule has 2 unspecified atom stereocenters. The molecule has 2 heterocycles. The number of aromatic amines is 1. The van der Waals surface area contributed by atoms with E-state index >= 15 is 0 Å². The molecule has 32 heavy (non-hydrogen) atoms. The molecule has 1 aliphatic rings. The van der Waals surface area contributed by atoms with Crippen LogP contribution < -0.4 is 0 Å². The van der Waals surface area contributed by atoms with Crippen LogP contribution in [0.3, 0.4) is 0 Å². The number of rotatable bonds is 4. The number of ketones is 1. The van der Waals surface area contributed by atoms with Gasteiger partial charge in [-0.3, -0.25) is 14.6 Å². The number of hydrogen-bond donors (Lipinski definition) is 1. The number of halogens is 2. The highest BCUT2D eigenvalue weighted by Crippen LogP contribution is 2.43. The molecule has 5 nitrogen and oxygen atoms in total. The van der Waals surface area contributed by atoms with Gasteiger partial charge in [-0.05, 0) is 43.7 Å². The summed E-state index contributed by atoms with van der Waals surface area (Å²) in [6.07, 6.45) is 1.05. The number of nitrogens with zero attached hydrogens (tertiary/aromatic N) is 1. The van der Waals surface area contributed by atoms with Crippen LogP contribution in [0.2, 0.25) is 0 Å². The smallest absolute Gasteiger partial charge is 0.320 e. The Morgan fingerprint density at radius 2 is 1.84 bits per heavy atom. The van der Waals surface area contributed by atoms with Gasteiger partial charge in [0.15, 0.2) is 5.78 Å². The number of carbonyl (C=O) groups excluding carboxylic acids is 2. The van der Waals surface area contributed by atoms with Gasteiger partial charge < -0.3 is 9.72 Å². The minimum atomic E-state index is -1.08. The maximum Gasteiger partial charge on any atom is 0.320 e. The highest BCUT2D eigenvalue weighted by molar-refractivity contribution is 6.06. The lowest BCUT2D eigenvalue weighted by Gasteiger charge is -2.31. The Morgan fingerprint density at radius 1 is 1.12 bits per heavy atom. The molecular formula is C25H24F2N2O3. The Balaban J connectivity index is 1.92. The summed E-state index contributed by atoms with van der Waals surface area (Å²) < 4.78 is 33.7. The molecule has 3 aromatic rings. The van der Waals surface area contributed by atoms with Gasteiger partial charge in [-0.15, -0.1) is 0 Å². The predicted molar refractivity (Wildman–Crippen MR) is 118 cm³/mol. The molecule has 166 valence electrons. The van der Waals surface area contributed by atoms with Crippen LogP contribution in [-0.2, 0) is 14.9 Å². The van der Waals surface area contributed by atoms with Crippen molar-refractivity contribution in [1.82, 2.24) is 4.98 Å². The minimum Gasteiger partial charge on any atom is -0.462 e. The van der Waals surface area contributed by atoms with Crippen LogP contribution in [-0.4, -0.2) is 35.1 Å². The summed E-state index contributed by atoms with van der Waals surface area (Å²) in [5.41, 5.74) is 0.803. The first-order chi connectivity index (χ1) is 15.1. The summed E-state index contributed by atoms with van der Waals surface area (Å²) in [5.74, 6) is -3.55. The maximum atomic E-state index is 14.4. The molecule has 0 aliphatic carbocycles. The Bertz CT molecular complexity index is 1240. The number of fused-ring (bicyclic) bond motifs is 3. The molecule has 0 saturated heterocycles. The first-order valence-electron chi connectivity index (χ1n) is 10.5. The van der Waals surface area contributed by atoms with E-state index < -0.39 is 40.8 Å². The van der Waals surface area contributed by atoms with E-state index in [0.29, 0.717) is 5.69 Å². The standard InChI is InChI=1S/C25H24F2N2O3/c1-13(2)32-24(31)17-12-28-23(22(30)16-11-14(26)9-10-18(16)27)25(3,4)20-15-7-5-6-8-19(15)29-21(17)20/h5-13,17,23,29H,1-4H3. The number of Topliss-reactive ketones (excluding diaryl/α,β-unsaturated/α-hetero) is 1. The Hall–Kier alpha value is -3.35. The van der Waals surface area contributed by atoms with Gasteiger partial charge in [-0.25, -0.2) is 8.78 Å². The second-order valence-electron chi connectivity index (χ2n) is 8.83. The van der Waals surface area contributed by atoms with Gasteiger partial charge in [0, 0.05) is 28.2 Å². The lowest BCUT2D eigenvalue weighted by atomic mass is 9.73. The van der Waals surface area contributed by atoms with Crippen LogP contribution in [0.15, 0.2) is 47.5 Å². The van der Waals surface area contributed by atoms with Crippen molar-refractivity contribution in [2.45, 2.75) is 51.2 Å². The molecule has 0 bridgehead atoms. The Morgan fingerprint density at radius 3 is 2.56 bits per heavy atom. The number of H-pyrrole nitrogens is 1. The van der Waals surface area contributed by atoms with E-state index in [2.05, 4.69) is 9.98 Å². The van der Waals surface area contributed by atoms with Gasteiger partial charge >= 0.3 is 5.97 Å². The molecule has 0 fully saturated rings. The van der Waals surface area contributed by atoms with Crippen molar-refractivity contribution < 1.29 is 23.1 Å². The van der Waals surface area contributed by atoms with E-state index in [1.165, 1.54) is 6.21 Å². The first kappa shape index (κ1) is 21.9. The maximum absolute atomic E-state index is 14.4. The summed E-state index contributed by atoms with van der Waals surface area (Å²) in [6, 6.07) is 9.20. The zero-order chi connectivity index (χ0) is 23.2. The topological polar surface area (TPSA) is 71.5 Å². The number of para-hydroxylation sites is 1. The zero-order valence-electron chi connectivity index (χ0n) is 18.3. The van der Waals surface area contributed by atoms with Crippen molar-refractivity contribution in [2.75, 3.05) is 0 Å². The summed E-state index contributed by atoms with van der Waals surface area (Å²) >= 11 is 0. The quantitative estimate of drug-likeness (QED) is 0.455. The lowest BCUT2D eigenvalue weighted by molar-refractivity contribution is -0.147. The third-order valence-corrected chi connectivity index (χ3v) is 5.81. The van der Waals surface area contributed by atoms with Gasteiger partial charge in [-0.1, -0.05) is 32.0 Å². The number of aliphatic imine (C=N–C) groups is 1. The number of ether oxygens (including phenoxy) is 1. The summed E-state index contributed by atoms with van der Waals surface area (Å²) in [6.45, 7) is 7.14. The van der Waals surface area contributed by atoms with Crippen molar-refractivity contribution in [1.29, 1.82) is 0 Å². The van der Waals surface area contributed by atoms with Gasteiger partial charge in [0.05, 0.1) is 11.7 Å². The van der Waals surface area contributed by atoms with E-state index in [0.717, 1.165) is 34.7 Å². The molecule has 1 N–H and O–H groups in total. The SMILES string of the molecule is CC(C)OC(=O)C1C=NC(C(=O)c2cc(F)ccc2F)C(C)(C)c2c1[nH]c1ccccc21. The normalized spacial score (nSPS) is 19.6. The molecule has 0 spiro atoms. The predicted octanol–water partition coefficient (Wildman–Crippen LogP) is 5.09. The molecule has 2 atom stereocenters. The summed E-state index contributed by atoms with van der Waals surface area (Å²) in [4.78, 5) is 34.1. The monoisotopic (exact) mass is 438 g/mol. The number of esters is 1. The first-order valence-corrected chi connectivity index (χ1v) is 10.5. The number of aromatic nitrogens is 1. The van der Waals surface area contributed by atoms with Gasteiger partial charge in [0.25, 0.3) is 0 Å². The van der Waals surface area contributed by atoms with Crippen LogP contribution in [0.5, 0.6) is 0 Å². The second-order valence-corrected chi connectivity index (χ2v) is 8.83. The van der Waals surface area contributed by atoms with Crippen molar-refractivity contribution in [3.8, 4) is 0 Å². The molecule has 0 saturated carbocycles.